The minimum absolute atomic E-state index is 0.199. The van der Waals surface area contributed by atoms with Crippen molar-refractivity contribution < 1.29 is 13.2 Å². The van der Waals surface area contributed by atoms with Crippen molar-refractivity contribution in [3.8, 4) is 10.6 Å². The number of nitrogens with zero attached hydrogens (tertiary/aromatic N) is 2. The lowest BCUT2D eigenvalue weighted by Crippen LogP contribution is -2.22. The van der Waals surface area contributed by atoms with E-state index in [4.69, 9.17) is 0 Å². The summed E-state index contributed by atoms with van der Waals surface area (Å²) in [6.45, 7) is 5.92. The molecule has 2 rings (SSSR count). The Bertz CT molecular complexity index is 590. The van der Waals surface area contributed by atoms with Gasteiger partial charge in [-0.2, -0.15) is 0 Å². The molecule has 1 aromatic heterocycles. The molecule has 1 N–H and O–H groups in total. The van der Waals surface area contributed by atoms with Crippen LogP contribution < -0.4 is 5.32 Å². The molecule has 1 aromatic carbocycles. The summed E-state index contributed by atoms with van der Waals surface area (Å²) in [6.07, 6.45) is 0.691. The summed E-state index contributed by atoms with van der Waals surface area (Å²) in [5.74, 6) is -3.35. The summed E-state index contributed by atoms with van der Waals surface area (Å²) in [7, 11) is 0. The Morgan fingerprint density at radius 1 is 1.14 bits per heavy atom. The summed E-state index contributed by atoms with van der Waals surface area (Å²) in [4.78, 5) is 0. The first kappa shape index (κ1) is 15.9. The third kappa shape index (κ3) is 4.25. The fraction of sp³-hybridized carbons (Fsp3) is 0.429. The fourth-order valence-corrected chi connectivity index (χ4v) is 2.56. The van der Waals surface area contributed by atoms with Gasteiger partial charge >= 0.3 is 0 Å². The minimum atomic E-state index is -1.47. The molecule has 21 heavy (non-hydrogen) atoms. The second kappa shape index (κ2) is 7.00. The molecule has 3 nitrogen and oxygen atoms in total. The van der Waals surface area contributed by atoms with Gasteiger partial charge in [0.15, 0.2) is 17.5 Å². The molecule has 2 aromatic rings. The maximum Gasteiger partial charge on any atom is 0.194 e. The van der Waals surface area contributed by atoms with Crippen molar-refractivity contribution in [3.05, 3.63) is 34.6 Å². The highest BCUT2D eigenvalue weighted by molar-refractivity contribution is 7.14. The monoisotopic (exact) mass is 315 g/mol. The van der Waals surface area contributed by atoms with Gasteiger partial charge in [0.05, 0.1) is 0 Å². The minimum Gasteiger partial charge on any atom is -0.316 e. The molecule has 114 valence electrons. The lowest BCUT2D eigenvalue weighted by Gasteiger charge is -2.05. The van der Waals surface area contributed by atoms with Crippen LogP contribution >= 0.6 is 11.3 Å². The Morgan fingerprint density at radius 2 is 1.81 bits per heavy atom. The number of aromatic nitrogens is 2. The summed E-state index contributed by atoms with van der Waals surface area (Å²) >= 11 is 1.25. The highest BCUT2D eigenvalue weighted by Gasteiger charge is 2.14. The molecule has 0 atom stereocenters. The van der Waals surface area contributed by atoms with E-state index < -0.39 is 17.5 Å². The topological polar surface area (TPSA) is 37.8 Å². The summed E-state index contributed by atoms with van der Waals surface area (Å²) in [6, 6.07) is 1.86. The smallest absolute Gasteiger partial charge is 0.194 e. The van der Waals surface area contributed by atoms with Gasteiger partial charge < -0.3 is 5.32 Å². The molecule has 0 radical (unpaired) electrons. The van der Waals surface area contributed by atoms with Crippen molar-refractivity contribution in [1.82, 2.24) is 15.5 Å². The number of rotatable bonds is 6. The van der Waals surface area contributed by atoms with E-state index in [9.17, 15) is 13.2 Å². The highest BCUT2D eigenvalue weighted by atomic mass is 32.1. The number of nitrogens with one attached hydrogen (secondary N) is 1. The average molecular weight is 315 g/mol. The van der Waals surface area contributed by atoms with Crippen molar-refractivity contribution in [2.24, 2.45) is 5.92 Å². The van der Waals surface area contributed by atoms with E-state index in [1.807, 2.05) is 0 Å². The van der Waals surface area contributed by atoms with Gasteiger partial charge in [0.25, 0.3) is 0 Å². The maximum absolute atomic E-state index is 13.2. The molecule has 0 spiro atoms. The van der Waals surface area contributed by atoms with Crippen molar-refractivity contribution in [1.29, 1.82) is 0 Å². The molecule has 1 heterocycles. The van der Waals surface area contributed by atoms with Gasteiger partial charge in [-0.3, -0.25) is 0 Å². The van der Waals surface area contributed by atoms with Crippen molar-refractivity contribution in [3.63, 3.8) is 0 Å². The summed E-state index contributed by atoms with van der Waals surface area (Å²) in [5, 5.41) is 12.3. The Balaban J connectivity index is 2.03. The van der Waals surface area contributed by atoms with E-state index in [1.165, 1.54) is 11.3 Å². The molecule has 7 heteroatoms. The number of benzene rings is 1. The first-order valence-electron chi connectivity index (χ1n) is 6.65. The van der Waals surface area contributed by atoms with Crippen LogP contribution in [0.25, 0.3) is 10.6 Å². The van der Waals surface area contributed by atoms with Crippen LogP contribution in [0.5, 0.6) is 0 Å². The molecule has 0 aliphatic carbocycles. The van der Waals surface area contributed by atoms with Gasteiger partial charge in [0.2, 0.25) is 0 Å². The van der Waals surface area contributed by atoms with E-state index in [0.717, 1.165) is 30.2 Å². The molecule has 0 unspecified atom stereocenters. The van der Waals surface area contributed by atoms with Gasteiger partial charge in [-0.1, -0.05) is 25.2 Å². The van der Waals surface area contributed by atoms with E-state index in [2.05, 4.69) is 29.4 Å². The molecule has 0 saturated heterocycles. The van der Waals surface area contributed by atoms with Gasteiger partial charge in [-0.05, 0) is 24.6 Å². The normalized spacial score (nSPS) is 11.3. The van der Waals surface area contributed by atoms with Gasteiger partial charge in [0, 0.05) is 18.5 Å². The van der Waals surface area contributed by atoms with E-state index in [1.54, 1.807) is 0 Å². The van der Waals surface area contributed by atoms with E-state index >= 15 is 0 Å². The van der Waals surface area contributed by atoms with Crippen LogP contribution in [0, 0.1) is 23.4 Å². The van der Waals surface area contributed by atoms with Crippen molar-refractivity contribution in [2.75, 3.05) is 13.1 Å². The van der Waals surface area contributed by atoms with E-state index in [0.29, 0.717) is 17.3 Å². The van der Waals surface area contributed by atoms with Gasteiger partial charge in [-0.25, -0.2) is 13.2 Å². The van der Waals surface area contributed by atoms with Gasteiger partial charge in [-0.15, -0.1) is 10.2 Å². The molecule has 0 aliphatic heterocycles. The zero-order valence-electron chi connectivity index (χ0n) is 11.8. The second-order valence-electron chi connectivity index (χ2n) is 5.10. The van der Waals surface area contributed by atoms with Crippen LogP contribution in [0.1, 0.15) is 18.9 Å². The lowest BCUT2D eigenvalue weighted by atomic mass is 10.2. The first-order valence-corrected chi connectivity index (χ1v) is 7.47. The van der Waals surface area contributed by atoms with Crippen molar-refractivity contribution >= 4 is 11.3 Å². The molecule has 0 saturated carbocycles. The van der Waals surface area contributed by atoms with Crippen LogP contribution in [-0.4, -0.2) is 23.3 Å². The van der Waals surface area contributed by atoms with E-state index in [-0.39, 0.29) is 5.56 Å². The third-order valence-corrected chi connectivity index (χ3v) is 3.80. The standard InChI is InChI=1S/C14H16F3N3S/c1-8(2)7-18-4-3-12-19-20-14(21-12)9-5-10(15)13(17)11(16)6-9/h5-6,8,18H,3-4,7H2,1-2H3. The quantitative estimate of drug-likeness (QED) is 0.656. The van der Waals surface area contributed by atoms with Crippen LogP contribution in [0.4, 0.5) is 13.2 Å². The van der Waals surface area contributed by atoms with Crippen LogP contribution in [0.3, 0.4) is 0 Å². The predicted octanol–water partition coefficient (Wildman–Crippen LogP) is 3.41. The first-order chi connectivity index (χ1) is 9.97. The van der Waals surface area contributed by atoms with Crippen LogP contribution in [0.15, 0.2) is 12.1 Å². The van der Waals surface area contributed by atoms with Gasteiger partial charge in [0.1, 0.15) is 10.0 Å². The number of hydrogen-bond acceptors (Lipinski definition) is 4. The Labute approximate surface area is 125 Å². The molecule has 0 amide bonds. The molecular weight excluding hydrogens is 299 g/mol. The van der Waals surface area contributed by atoms with Crippen molar-refractivity contribution in [2.45, 2.75) is 20.3 Å². The Hall–Kier alpha value is -1.47. The Morgan fingerprint density at radius 3 is 2.43 bits per heavy atom. The second-order valence-corrected chi connectivity index (χ2v) is 6.16. The molecule has 0 fully saturated rings. The largest absolute Gasteiger partial charge is 0.316 e. The molecule has 0 aliphatic rings. The third-order valence-electron chi connectivity index (χ3n) is 2.77. The lowest BCUT2D eigenvalue weighted by molar-refractivity contribution is 0.447. The maximum atomic E-state index is 13.2. The molecular formula is C14H16F3N3S. The number of halogens is 3. The average Bonchev–Trinajstić information content (AvgIpc) is 2.89. The zero-order chi connectivity index (χ0) is 15.4. The van der Waals surface area contributed by atoms with Crippen LogP contribution in [0.2, 0.25) is 0 Å². The summed E-state index contributed by atoms with van der Waals surface area (Å²) < 4.78 is 39.3. The zero-order valence-corrected chi connectivity index (χ0v) is 12.6. The van der Waals surface area contributed by atoms with Crippen LogP contribution in [-0.2, 0) is 6.42 Å². The predicted molar refractivity (Wildman–Crippen MR) is 76.6 cm³/mol. The Kier molecular flexibility index (Phi) is 5.30. The SMILES string of the molecule is CC(C)CNCCc1nnc(-c2cc(F)c(F)c(F)c2)s1. The highest BCUT2D eigenvalue weighted by Crippen LogP contribution is 2.26. The molecule has 0 bridgehead atoms. The fourth-order valence-electron chi connectivity index (χ4n) is 1.74. The summed E-state index contributed by atoms with van der Waals surface area (Å²) in [5.41, 5.74) is 0.199. The number of hydrogen-bond donors (Lipinski definition) is 1.